The minimum absolute atomic E-state index is 0.0813. The van der Waals surface area contributed by atoms with Gasteiger partial charge < -0.3 is 14.7 Å². The molecule has 128 valence electrons. The molecule has 1 aromatic carbocycles. The van der Waals surface area contributed by atoms with Crippen molar-refractivity contribution >= 4 is 16.7 Å². The summed E-state index contributed by atoms with van der Waals surface area (Å²) in [5.74, 6) is 1.55. The Kier molecular flexibility index (Phi) is 4.43. The first-order valence-corrected chi connectivity index (χ1v) is 8.51. The second-order valence-corrected chi connectivity index (χ2v) is 6.14. The number of ether oxygens (including phenoxy) is 1. The molecule has 6 heteroatoms. The molecule has 6 nitrogen and oxygen atoms in total. The molecule has 0 aliphatic carbocycles. The maximum atomic E-state index is 8.99. The molecule has 0 bridgehead atoms. The molecule has 1 aliphatic heterocycles. The van der Waals surface area contributed by atoms with Gasteiger partial charge in [0, 0.05) is 24.4 Å². The molecule has 1 fully saturated rings. The van der Waals surface area contributed by atoms with Gasteiger partial charge in [0.2, 0.25) is 5.88 Å². The molecule has 1 N–H and O–H groups in total. The van der Waals surface area contributed by atoms with Gasteiger partial charge in [0.25, 0.3) is 0 Å². The number of aryl methyl sites for hydroxylation is 1. The summed E-state index contributed by atoms with van der Waals surface area (Å²) < 4.78 is 5.99. The van der Waals surface area contributed by atoms with E-state index in [0.29, 0.717) is 18.7 Å². The number of para-hydroxylation sites is 1. The van der Waals surface area contributed by atoms with E-state index >= 15 is 0 Å². The van der Waals surface area contributed by atoms with Crippen molar-refractivity contribution in [2.24, 2.45) is 0 Å². The number of anilines is 1. The van der Waals surface area contributed by atoms with E-state index in [0.717, 1.165) is 35.5 Å². The van der Waals surface area contributed by atoms with Crippen LogP contribution in [-0.2, 0) is 6.42 Å². The highest BCUT2D eigenvalue weighted by Gasteiger charge is 2.30. The molecular weight excluding hydrogens is 316 g/mol. The van der Waals surface area contributed by atoms with Crippen molar-refractivity contribution < 1.29 is 9.84 Å². The number of hydrogen-bond donors (Lipinski definition) is 1. The fourth-order valence-electron chi connectivity index (χ4n) is 2.96. The molecule has 2 aromatic heterocycles. The van der Waals surface area contributed by atoms with Crippen LogP contribution in [0.15, 0.2) is 48.8 Å². The highest BCUT2D eigenvalue weighted by Crippen LogP contribution is 2.25. The van der Waals surface area contributed by atoms with E-state index < -0.39 is 0 Å². The Labute approximate surface area is 146 Å². The fraction of sp³-hybridized carbons (Fsp3) is 0.316. The zero-order chi connectivity index (χ0) is 17.1. The highest BCUT2D eigenvalue weighted by molar-refractivity contribution is 5.80. The summed E-state index contributed by atoms with van der Waals surface area (Å²) in [5.41, 5.74) is 1.81. The Balaban J connectivity index is 1.40. The summed E-state index contributed by atoms with van der Waals surface area (Å²) in [5, 5.41) is 10.1. The van der Waals surface area contributed by atoms with E-state index in [1.807, 2.05) is 24.3 Å². The molecular formula is C19H20N4O2. The van der Waals surface area contributed by atoms with Gasteiger partial charge >= 0.3 is 0 Å². The van der Waals surface area contributed by atoms with E-state index in [-0.39, 0.29) is 12.7 Å². The Bertz CT molecular complexity index is 865. The molecule has 3 heterocycles. The first-order chi connectivity index (χ1) is 12.3. The van der Waals surface area contributed by atoms with Gasteiger partial charge in [0.1, 0.15) is 17.6 Å². The standard InChI is InChI=1S/C19H20N4O2/c24-11-3-6-17-19(21-10-9-20-17)25-15-12-23(13-15)18-8-7-14-4-1-2-5-16(14)22-18/h1-2,4-5,7-10,15,24H,3,6,11-13H2. The third-order valence-corrected chi connectivity index (χ3v) is 4.34. The van der Waals surface area contributed by atoms with E-state index in [2.05, 4.69) is 27.0 Å². The van der Waals surface area contributed by atoms with E-state index in [1.165, 1.54) is 0 Å². The zero-order valence-electron chi connectivity index (χ0n) is 13.9. The number of benzene rings is 1. The van der Waals surface area contributed by atoms with Crippen molar-refractivity contribution in [3.05, 3.63) is 54.5 Å². The molecule has 0 amide bonds. The van der Waals surface area contributed by atoms with Gasteiger partial charge in [-0.3, -0.25) is 4.98 Å². The summed E-state index contributed by atoms with van der Waals surface area (Å²) in [6.45, 7) is 1.70. The quantitative estimate of drug-likeness (QED) is 0.744. The zero-order valence-corrected chi connectivity index (χ0v) is 13.9. The number of hydrogen-bond acceptors (Lipinski definition) is 6. The molecule has 4 rings (SSSR count). The number of aromatic nitrogens is 3. The number of aliphatic hydroxyl groups excluding tert-OH is 1. The first kappa shape index (κ1) is 15.8. The second kappa shape index (κ2) is 7.03. The van der Waals surface area contributed by atoms with Crippen LogP contribution in [0.2, 0.25) is 0 Å². The van der Waals surface area contributed by atoms with E-state index in [4.69, 9.17) is 14.8 Å². The minimum atomic E-state index is 0.0813. The molecule has 0 atom stereocenters. The van der Waals surface area contributed by atoms with Crippen LogP contribution >= 0.6 is 0 Å². The monoisotopic (exact) mass is 336 g/mol. The Morgan fingerprint density at radius 1 is 1.08 bits per heavy atom. The van der Waals surface area contributed by atoms with Gasteiger partial charge in [-0.1, -0.05) is 18.2 Å². The van der Waals surface area contributed by atoms with Crippen molar-refractivity contribution in [3.63, 3.8) is 0 Å². The van der Waals surface area contributed by atoms with Crippen molar-refractivity contribution in [1.82, 2.24) is 15.0 Å². The molecule has 1 saturated heterocycles. The van der Waals surface area contributed by atoms with E-state index in [9.17, 15) is 0 Å². The van der Waals surface area contributed by atoms with Crippen molar-refractivity contribution in [2.45, 2.75) is 18.9 Å². The maximum Gasteiger partial charge on any atom is 0.236 e. The number of nitrogens with zero attached hydrogens (tertiary/aromatic N) is 4. The van der Waals surface area contributed by atoms with Crippen LogP contribution in [0, 0.1) is 0 Å². The summed E-state index contributed by atoms with van der Waals surface area (Å²) in [6, 6.07) is 12.3. The summed E-state index contributed by atoms with van der Waals surface area (Å²) in [4.78, 5) is 15.5. The van der Waals surface area contributed by atoms with Crippen molar-refractivity contribution in [3.8, 4) is 5.88 Å². The van der Waals surface area contributed by atoms with Crippen LogP contribution in [0.3, 0.4) is 0 Å². The predicted molar refractivity (Wildman–Crippen MR) is 95.8 cm³/mol. The largest absolute Gasteiger partial charge is 0.469 e. The number of rotatable bonds is 6. The fourth-order valence-corrected chi connectivity index (χ4v) is 2.96. The average Bonchev–Trinajstić information content (AvgIpc) is 2.63. The van der Waals surface area contributed by atoms with Crippen LogP contribution in [0.25, 0.3) is 10.9 Å². The van der Waals surface area contributed by atoms with Crippen LogP contribution in [0.4, 0.5) is 5.82 Å². The number of fused-ring (bicyclic) bond motifs is 1. The van der Waals surface area contributed by atoms with Crippen LogP contribution in [0.5, 0.6) is 5.88 Å². The van der Waals surface area contributed by atoms with Gasteiger partial charge in [0.15, 0.2) is 0 Å². The Hall–Kier alpha value is -2.73. The Morgan fingerprint density at radius 2 is 1.92 bits per heavy atom. The lowest BCUT2D eigenvalue weighted by Crippen LogP contribution is -2.54. The van der Waals surface area contributed by atoms with Gasteiger partial charge in [-0.2, -0.15) is 0 Å². The Morgan fingerprint density at radius 3 is 2.80 bits per heavy atom. The molecule has 25 heavy (non-hydrogen) atoms. The van der Waals surface area contributed by atoms with Crippen molar-refractivity contribution in [1.29, 1.82) is 0 Å². The minimum Gasteiger partial charge on any atom is -0.469 e. The van der Waals surface area contributed by atoms with Gasteiger partial charge in [-0.05, 0) is 31.0 Å². The number of pyridine rings is 1. The van der Waals surface area contributed by atoms with Crippen LogP contribution in [0.1, 0.15) is 12.1 Å². The number of aliphatic hydroxyl groups is 1. The van der Waals surface area contributed by atoms with Gasteiger partial charge in [-0.15, -0.1) is 0 Å². The molecule has 3 aromatic rings. The van der Waals surface area contributed by atoms with E-state index in [1.54, 1.807) is 12.4 Å². The molecule has 0 unspecified atom stereocenters. The highest BCUT2D eigenvalue weighted by atomic mass is 16.5. The van der Waals surface area contributed by atoms with Gasteiger partial charge in [-0.25, -0.2) is 9.97 Å². The van der Waals surface area contributed by atoms with Gasteiger partial charge in [0.05, 0.1) is 18.6 Å². The summed E-state index contributed by atoms with van der Waals surface area (Å²) in [6.07, 6.45) is 4.71. The average molecular weight is 336 g/mol. The van der Waals surface area contributed by atoms with Crippen LogP contribution < -0.4 is 9.64 Å². The molecule has 1 aliphatic rings. The third kappa shape index (κ3) is 3.39. The first-order valence-electron chi connectivity index (χ1n) is 8.51. The maximum absolute atomic E-state index is 8.99. The lowest BCUT2D eigenvalue weighted by molar-refractivity contribution is 0.157. The lowest BCUT2D eigenvalue weighted by atomic mass is 10.1. The molecule has 0 radical (unpaired) electrons. The summed E-state index contributed by atoms with van der Waals surface area (Å²) >= 11 is 0. The smallest absolute Gasteiger partial charge is 0.236 e. The lowest BCUT2D eigenvalue weighted by Gasteiger charge is -2.39. The predicted octanol–water partition coefficient (Wildman–Crippen LogP) is 2.22. The van der Waals surface area contributed by atoms with Crippen molar-refractivity contribution in [2.75, 3.05) is 24.6 Å². The normalized spacial score (nSPS) is 14.5. The summed E-state index contributed by atoms with van der Waals surface area (Å²) in [7, 11) is 0. The molecule has 0 saturated carbocycles. The second-order valence-electron chi connectivity index (χ2n) is 6.14. The molecule has 0 spiro atoms. The third-order valence-electron chi connectivity index (χ3n) is 4.34. The van der Waals surface area contributed by atoms with Crippen LogP contribution in [-0.4, -0.2) is 45.9 Å². The SMILES string of the molecule is OCCCc1nccnc1OC1CN(c2ccc3ccccc3n2)C1. The topological polar surface area (TPSA) is 71.4 Å².